The lowest BCUT2D eigenvalue weighted by Gasteiger charge is -2.32. The van der Waals surface area contributed by atoms with Gasteiger partial charge in [0.05, 0.1) is 0 Å². The zero-order valence-corrected chi connectivity index (χ0v) is 7.34. The first-order valence-corrected chi connectivity index (χ1v) is 4.82. The Bertz CT molecular complexity index is 126. The Labute approximate surface area is 69.0 Å². The third-order valence-corrected chi connectivity index (χ3v) is 3.03. The van der Waals surface area contributed by atoms with Crippen molar-refractivity contribution in [3.05, 3.63) is 0 Å². The fourth-order valence-corrected chi connectivity index (χ4v) is 1.97. The topological polar surface area (TPSA) is 15.3 Å². The van der Waals surface area contributed by atoms with Crippen LogP contribution >= 0.6 is 0 Å². The third kappa shape index (κ3) is 1.74. The van der Waals surface area contributed by atoms with Crippen LogP contribution in [0.5, 0.6) is 0 Å². The fraction of sp³-hybridized carbons (Fsp3) is 1.00. The number of piperazine rings is 1. The van der Waals surface area contributed by atoms with Crippen LogP contribution in [-0.4, -0.2) is 37.1 Å². The largest absolute Gasteiger partial charge is 0.314 e. The maximum Gasteiger partial charge on any atom is 0.0110 e. The van der Waals surface area contributed by atoms with Gasteiger partial charge in [-0.25, -0.2) is 0 Å². The Morgan fingerprint density at radius 1 is 1.27 bits per heavy atom. The summed E-state index contributed by atoms with van der Waals surface area (Å²) in [5, 5.41) is 3.39. The van der Waals surface area contributed by atoms with Gasteiger partial charge in [-0.05, 0) is 25.7 Å². The van der Waals surface area contributed by atoms with E-state index in [4.69, 9.17) is 0 Å². The molecule has 1 saturated carbocycles. The number of hydrogen-bond acceptors (Lipinski definition) is 2. The molecule has 2 nitrogen and oxygen atoms in total. The molecule has 1 saturated heterocycles. The van der Waals surface area contributed by atoms with Crippen LogP contribution in [0.3, 0.4) is 0 Å². The molecule has 2 heteroatoms. The highest BCUT2D eigenvalue weighted by Crippen LogP contribution is 2.34. The summed E-state index contributed by atoms with van der Waals surface area (Å²) in [6.07, 6.45) is 2.95. The SMILES string of the molecule is CC(C1CC1)N1CCNCC1. The molecule has 0 spiro atoms. The summed E-state index contributed by atoms with van der Waals surface area (Å²) >= 11 is 0. The van der Waals surface area contributed by atoms with E-state index in [1.54, 1.807) is 0 Å². The molecule has 1 aliphatic carbocycles. The highest BCUT2D eigenvalue weighted by atomic mass is 15.2. The van der Waals surface area contributed by atoms with E-state index in [1.165, 1.54) is 39.0 Å². The number of nitrogens with one attached hydrogen (secondary N) is 1. The lowest BCUT2D eigenvalue weighted by Crippen LogP contribution is -2.48. The minimum atomic E-state index is 0.858. The standard InChI is InChI=1S/C9H18N2/c1-8(9-2-3-9)11-6-4-10-5-7-11/h8-10H,2-7H2,1H3. The minimum Gasteiger partial charge on any atom is -0.314 e. The summed E-state index contributed by atoms with van der Waals surface area (Å²) in [6.45, 7) is 7.30. The van der Waals surface area contributed by atoms with E-state index in [-0.39, 0.29) is 0 Å². The molecule has 0 radical (unpaired) electrons. The van der Waals surface area contributed by atoms with E-state index in [0.717, 1.165) is 12.0 Å². The van der Waals surface area contributed by atoms with E-state index in [2.05, 4.69) is 17.1 Å². The van der Waals surface area contributed by atoms with Gasteiger partial charge in [0.2, 0.25) is 0 Å². The average molecular weight is 154 g/mol. The number of nitrogens with zero attached hydrogens (tertiary/aromatic N) is 1. The summed E-state index contributed by atoms with van der Waals surface area (Å²) in [5.41, 5.74) is 0. The van der Waals surface area contributed by atoms with Gasteiger partial charge in [0, 0.05) is 32.2 Å². The lowest BCUT2D eigenvalue weighted by molar-refractivity contribution is 0.168. The Kier molecular flexibility index (Phi) is 2.14. The molecule has 11 heavy (non-hydrogen) atoms. The van der Waals surface area contributed by atoms with E-state index < -0.39 is 0 Å². The zero-order chi connectivity index (χ0) is 7.68. The van der Waals surface area contributed by atoms with Crippen LogP contribution in [0.25, 0.3) is 0 Å². The second-order valence-electron chi connectivity index (χ2n) is 3.86. The van der Waals surface area contributed by atoms with Gasteiger partial charge >= 0.3 is 0 Å². The smallest absolute Gasteiger partial charge is 0.0110 e. The van der Waals surface area contributed by atoms with Gasteiger partial charge in [0.25, 0.3) is 0 Å². The summed E-state index contributed by atoms with van der Waals surface area (Å²) in [5.74, 6) is 1.04. The summed E-state index contributed by atoms with van der Waals surface area (Å²) in [4.78, 5) is 2.63. The van der Waals surface area contributed by atoms with Crippen molar-refractivity contribution < 1.29 is 0 Å². The normalized spacial score (nSPS) is 30.3. The molecule has 1 N–H and O–H groups in total. The van der Waals surface area contributed by atoms with E-state index in [0.29, 0.717) is 0 Å². The summed E-state index contributed by atoms with van der Waals surface area (Å²) < 4.78 is 0. The molecule has 1 aliphatic heterocycles. The lowest BCUT2D eigenvalue weighted by atomic mass is 10.1. The Balaban J connectivity index is 1.81. The number of rotatable bonds is 2. The van der Waals surface area contributed by atoms with Crippen molar-refractivity contribution in [1.29, 1.82) is 0 Å². The van der Waals surface area contributed by atoms with Gasteiger partial charge in [0.15, 0.2) is 0 Å². The van der Waals surface area contributed by atoms with Gasteiger partial charge in [-0.15, -0.1) is 0 Å². The van der Waals surface area contributed by atoms with Crippen molar-refractivity contribution in [1.82, 2.24) is 10.2 Å². The van der Waals surface area contributed by atoms with Gasteiger partial charge < -0.3 is 5.32 Å². The molecule has 1 unspecified atom stereocenters. The zero-order valence-electron chi connectivity index (χ0n) is 7.34. The maximum atomic E-state index is 3.39. The van der Waals surface area contributed by atoms with Crippen molar-refractivity contribution in [2.24, 2.45) is 5.92 Å². The van der Waals surface area contributed by atoms with Crippen LogP contribution in [0.15, 0.2) is 0 Å². The minimum absolute atomic E-state index is 0.858. The van der Waals surface area contributed by atoms with E-state index in [1.807, 2.05) is 0 Å². The average Bonchev–Trinajstić information content (AvgIpc) is 2.87. The predicted molar refractivity (Wildman–Crippen MR) is 46.6 cm³/mol. The van der Waals surface area contributed by atoms with E-state index >= 15 is 0 Å². The molecule has 2 aliphatic rings. The van der Waals surface area contributed by atoms with Gasteiger partial charge in [0.1, 0.15) is 0 Å². The van der Waals surface area contributed by atoms with Crippen LogP contribution in [-0.2, 0) is 0 Å². The van der Waals surface area contributed by atoms with Crippen LogP contribution in [0, 0.1) is 5.92 Å². The van der Waals surface area contributed by atoms with Crippen LogP contribution in [0.2, 0.25) is 0 Å². The van der Waals surface area contributed by atoms with Crippen molar-refractivity contribution in [2.45, 2.75) is 25.8 Å². The number of hydrogen-bond donors (Lipinski definition) is 1. The van der Waals surface area contributed by atoms with Gasteiger partial charge in [-0.1, -0.05) is 0 Å². The van der Waals surface area contributed by atoms with Gasteiger partial charge in [-0.3, -0.25) is 4.90 Å². The maximum absolute atomic E-state index is 3.39. The first kappa shape index (κ1) is 7.56. The van der Waals surface area contributed by atoms with Crippen molar-refractivity contribution >= 4 is 0 Å². The molecule has 0 aromatic rings. The molecule has 0 amide bonds. The monoisotopic (exact) mass is 154 g/mol. The fourth-order valence-electron chi connectivity index (χ4n) is 1.97. The van der Waals surface area contributed by atoms with Crippen LogP contribution < -0.4 is 5.32 Å². The highest BCUT2D eigenvalue weighted by molar-refractivity contribution is 4.86. The molecule has 64 valence electrons. The second kappa shape index (κ2) is 3.11. The third-order valence-electron chi connectivity index (χ3n) is 3.03. The first-order chi connectivity index (χ1) is 5.38. The molecular formula is C9H18N2. The molecule has 1 heterocycles. The predicted octanol–water partition coefficient (Wildman–Crippen LogP) is 0.690. The van der Waals surface area contributed by atoms with Crippen molar-refractivity contribution in [3.8, 4) is 0 Å². The van der Waals surface area contributed by atoms with E-state index in [9.17, 15) is 0 Å². The van der Waals surface area contributed by atoms with Gasteiger partial charge in [-0.2, -0.15) is 0 Å². The van der Waals surface area contributed by atoms with Crippen molar-refractivity contribution in [2.75, 3.05) is 26.2 Å². The van der Waals surface area contributed by atoms with Crippen LogP contribution in [0.4, 0.5) is 0 Å². The molecule has 2 fully saturated rings. The summed E-state index contributed by atoms with van der Waals surface area (Å²) in [7, 11) is 0. The Morgan fingerprint density at radius 2 is 1.91 bits per heavy atom. The highest BCUT2D eigenvalue weighted by Gasteiger charge is 2.31. The first-order valence-electron chi connectivity index (χ1n) is 4.82. The van der Waals surface area contributed by atoms with Crippen molar-refractivity contribution in [3.63, 3.8) is 0 Å². The molecular weight excluding hydrogens is 136 g/mol. The molecule has 0 aromatic heterocycles. The molecule has 0 bridgehead atoms. The quantitative estimate of drug-likeness (QED) is 0.629. The second-order valence-corrected chi connectivity index (χ2v) is 3.86. The Morgan fingerprint density at radius 3 is 2.45 bits per heavy atom. The Hall–Kier alpha value is -0.0800. The summed E-state index contributed by atoms with van der Waals surface area (Å²) in [6, 6.07) is 0.858. The molecule has 1 atom stereocenters. The van der Waals surface area contributed by atoms with Crippen LogP contribution in [0.1, 0.15) is 19.8 Å². The molecule has 0 aromatic carbocycles. The molecule has 2 rings (SSSR count).